The Bertz CT molecular complexity index is 1530. The van der Waals surface area contributed by atoms with Gasteiger partial charge in [0.2, 0.25) is 5.91 Å². The molecule has 1 amide bonds. The molecule has 11 unspecified atom stereocenters. The summed E-state index contributed by atoms with van der Waals surface area (Å²) in [5.41, 5.74) is 0.507. The number of rotatable bonds is 7. The van der Waals surface area contributed by atoms with Crippen molar-refractivity contribution in [1.82, 2.24) is 0 Å². The van der Waals surface area contributed by atoms with Crippen molar-refractivity contribution >= 4 is 28.5 Å². The van der Waals surface area contributed by atoms with Gasteiger partial charge in [0.05, 0.1) is 30.3 Å². The number of aliphatic hydroxyl groups excluding tert-OH is 3. The standard InChI is InChI=1S/C36H49NO8/c1-18(5-10-31(41)37-21-6-7-23-19(2)24(16-32(42)43)34(44)45-29(23)15-21)25-8-9-26-33-27(17-30(40)36(25,26)4)35(3)12-11-22(38)13-20(35)14-28(33)39/h6-7,15,18,20,22,25-28,30,33,38-40H,5,8-14,16-17H2,1-4H3,(H,37,41)(H,42,43). The molecule has 0 aliphatic heterocycles. The number of fused-ring (bicyclic) bond motifs is 6. The monoisotopic (exact) mass is 623 g/mol. The number of anilines is 1. The van der Waals surface area contributed by atoms with Gasteiger partial charge in [-0.3, -0.25) is 9.59 Å². The van der Waals surface area contributed by atoms with Crippen molar-refractivity contribution in [3.8, 4) is 0 Å². The van der Waals surface area contributed by atoms with E-state index < -0.39 is 30.2 Å². The third-order valence-electron chi connectivity index (χ3n) is 13.2. The molecule has 1 heterocycles. The Balaban J connectivity index is 1.12. The van der Waals surface area contributed by atoms with Gasteiger partial charge in [-0.2, -0.15) is 0 Å². The van der Waals surface area contributed by atoms with Gasteiger partial charge >= 0.3 is 11.6 Å². The molecule has 1 aromatic heterocycles. The number of nitrogens with one attached hydrogen (secondary N) is 1. The smallest absolute Gasteiger partial charge is 0.340 e. The fraction of sp³-hybridized carbons (Fsp3) is 0.694. The number of hydrogen-bond acceptors (Lipinski definition) is 7. The molecule has 9 heteroatoms. The second-order valence-electron chi connectivity index (χ2n) is 15.4. The van der Waals surface area contributed by atoms with Crippen molar-refractivity contribution in [3.63, 3.8) is 0 Å². The summed E-state index contributed by atoms with van der Waals surface area (Å²) in [5.74, 6) is 0.142. The van der Waals surface area contributed by atoms with Crippen LogP contribution in [0, 0.1) is 53.3 Å². The summed E-state index contributed by atoms with van der Waals surface area (Å²) in [6.45, 7) is 8.45. The van der Waals surface area contributed by atoms with Crippen LogP contribution in [0.2, 0.25) is 0 Å². The normalized spacial score (nSPS) is 38.2. The summed E-state index contributed by atoms with van der Waals surface area (Å²) < 4.78 is 5.40. The van der Waals surface area contributed by atoms with E-state index in [1.165, 1.54) is 0 Å². The Hall–Kier alpha value is -2.75. The van der Waals surface area contributed by atoms with Crippen LogP contribution in [0.4, 0.5) is 5.69 Å². The number of benzene rings is 1. The third kappa shape index (κ3) is 5.42. The van der Waals surface area contributed by atoms with Gasteiger partial charge in [0.25, 0.3) is 0 Å². The van der Waals surface area contributed by atoms with E-state index in [0.29, 0.717) is 47.4 Å². The molecule has 6 rings (SSSR count). The number of aliphatic hydroxyl groups is 3. The molecule has 0 bridgehead atoms. The summed E-state index contributed by atoms with van der Waals surface area (Å²) in [7, 11) is 0. The minimum Gasteiger partial charge on any atom is -0.481 e. The second-order valence-corrected chi connectivity index (χ2v) is 15.4. The van der Waals surface area contributed by atoms with Gasteiger partial charge < -0.3 is 30.2 Å². The van der Waals surface area contributed by atoms with Gasteiger partial charge in [-0.15, -0.1) is 0 Å². The summed E-state index contributed by atoms with van der Waals surface area (Å²) in [6.07, 6.45) is 5.28. The lowest BCUT2D eigenvalue weighted by Crippen LogP contribution is -2.62. The van der Waals surface area contributed by atoms with Gasteiger partial charge in [0.1, 0.15) is 5.58 Å². The number of aryl methyl sites for hydroxylation is 1. The fourth-order valence-electron chi connectivity index (χ4n) is 10.7. The molecule has 11 atom stereocenters. The Labute approximate surface area is 264 Å². The number of carboxylic acid groups (broad SMARTS) is 1. The minimum absolute atomic E-state index is 0.0397. The highest BCUT2D eigenvalue weighted by molar-refractivity contribution is 5.94. The predicted molar refractivity (Wildman–Crippen MR) is 170 cm³/mol. The lowest BCUT2D eigenvalue weighted by Gasteiger charge is -2.63. The Morgan fingerprint density at radius 3 is 2.56 bits per heavy atom. The van der Waals surface area contributed by atoms with Crippen LogP contribution in [-0.2, 0) is 16.0 Å². The summed E-state index contributed by atoms with van der Waals surface area (Å²) >= 11 is 0. The molecular weight excluding hydrogens is 574 g/mol. The van der Waals surface area contributed by atoms with E-state index in [9.17, 15) is 29.7 Å². The summed E-state index contributed by atoms with van der Waals surface area (Å²) in [4.78, 5) is 36.6. The van der Waals surface area contributed by atoms with E-state index in [1.807, 2.05) is 0 Å². The second kappa shape index (κ2) is 11.8. The largest absolute Gasteiger partial charge is 0.481 e. The van der Waals surface area contributed by atoms with E-state index in [2.05, 4.69) is 26.1 Å². The maximum absolute atomic E-state index is 13.1. The first-order chi connectivity index (χ1) is 21.2. The number of carbonyl (C=O) groups is 2. The van der Waals surface area contributed by atoms with Crippen molar-refractivity contribution in [3.05, 3.63) is 39.7 Å². The zero-order chi connectivity index (χ0) is 32.4. The maximum Gasteiger partial charge on any atom is 0.340 e. The van der Waals surface area contributed by atoms with Gasteiger partial charge in [-0.25, -0.2) is 4.79 Å². The molecule has 4 saturated carbocycles. The van der Waals surface area contributed by atoms with Crippen molar-refractivity contribution in [1.29, 1.82) is 0 Å². The molecule has 246 valence electrons. The van der Waals surface area contributed by atoms with Crippen LogP contribution < -0.4 is 10.9 Å². The average molecular weight is 624 g/mol. The van der Waals surface area contributed by atoms with E-state index in [-0.39, 0.29) is 58.0 Å². The molecule has 45 heavy (non-hydrogen) atoms. The molecule has 1 aromatic carbocycles. The van der Waals surface area contributed by atoms with Gasteiger partial charge in [0.15, 0.2) is 0 Å². The Morgan fingerprint density at radius 1 is 1.07 bits per heavy atom. The third-order valence-corrected chi connectivity index (χ3v) is 13.2. The molecule has 4 fully saturated rings. The highest BCUT2D eigenvalue weighted by Gasteiger charge is 2.65. The summed E-state index contributed by atoms with van der Waals surface area (Å²) in [6, 6.07) is 5.05. The molecule has 0 spiro atoms. The van der Waals surface area contributed by atoms with Gasteiger partial charge in [-0.05, 0) is 122 Å². The average Bonchev–Trinajstić information content (AvgIpc) is 3.33. The number of carboxylic acids is 1. The SMILES string of the molecule is Cc1c(CC(=O)O)c(=O)oc2cc(NC(=O)CCC(C)C3CCC4C5C(O)CC6CC(O)CCC6(C)C5CC(O)C34C)ccc12. The molecule has 4 aliphatic rings. The minimum atomic E-state index is -1.10. The van der Waals surface area contributed by atoms with E-state index >= 15 is 0 Å². The highest BCUT2D eigenvalue weighted by Crippen LogP contribution is 2.68. The first-order valence-corrected chi connectivity index (χ1v) is 16.9. The van der Waals surface area contributed by atoms with E-state index in [4.69, 9.17) is 9.52 Å². The van der Waals surface area contributed by atoms with Crippen LogP contribution in [0.5, 0.6) is 0 Å². The molecule has 0 radical (unpaired) electrons. The molecular formula is C36H49NO8. The molecule has 0 saturated heterocycles. The molecule has 9 nitrogen and oxygen atoms in total. The van der Waals surface area contributed by atoms with Gasteiger partial charge in [0, 0.05) is 23.6 Å². The van der Waals surface area contributed by atoms with Crippen LogP contribution in [-0.4, -0.2) is 50.6 Å². The first kappa shape index (κ1) is 32.2. The van der Waals surface area contributed by atoms with Crippen LogP contribution in [0.3, 0.4) is 0 Å². The zero-order valence-electron chi connectivity index (χ0n) is 26.9. The first-order valence-electron chi connectivity index (χ1n) is 16.9. The number of amides is 1. The van der Waals surface area contributed by atoms with E-state index in [1.54, 1.807) is 25.1 Å². The lowest BCUT2D eigenvalue weighted by atomic mass is 9.43. The molecule has 4 aliphatic carbocycles. The van der Waals surface area contributed by atoms with Crippen LogP contribution in [0.15, 0.2) is 27.4 Å². The number of carbonyl (C=O) groups excluding carboxylic acids is 1. The van der Waals surface area contributed by atoms with Crippen LogP contribution >= 0.6 is 0 Å². The predicted octanol–water partition coefficient (Wildman–Crippen LogP) is 5.04. The van der Waals surface area contributed by atoms with Crippen LogP contribution in [0.1, 0.15) is 89.7 Å². The number of hydrogen-bond donors (Lipinski definition) is 5. The van der Waals surface area contributed by atoms with Crippen molar-refractivity contribution < 1.29 is 34.4 Å². The molecule has 5 N–H and O–H groups in total. The Kier molecular flexibility index (Phi) is 8.45. The number of aliphatic carboxylic acids is 1. The zero-order valence-corrected chi connectivity index (χ0v) is 26.9. The van der Waals surface area contributed by atoms with Crippen molar-refractivity contribution in [2.45, 2.75) is 110 Å². The molecule has 2 aromatic rings. The van der Waals surface area contributed by atoms with Crippen LogP contribution in [0.25, 0.3) is 11.0 Å². The Morgan fingerprint density at radius 2 is 1.82 bits per heavy atom. The van der Waals surface area contributed by atoms with Crippen molar-refractivity contribution in [2.24, 2.45) is 46.3 Å². The van der Waals surface area contributed by atoms with Gasteiger partial charge in [-0.1, -0.05) is 20.8 Å². The van der Waals surface area contributed by atoms with Crippen molar-refractivity contribution in [2.75, 3.05) is 5.32 Å². The topological polar surface area (TPSA) is 157 Å². The highest BCUT2D eigenvalue weighted by atomic mass is 16.4. The fourth-order valence-corrected chi connectivity index (χ4v) is 10.7. The lowest BCUT2D eigenvalue weighted by molar-refractivity contribution is -0.207. The quantitative estimate of drug-likeness (QED) is 0.268. The summed E-state index contributed by atoms with van der Waals surface area (Å²) in [5, 5.41) is 46.4. The maximum atomic E-state index is 13.1. The van der Waals surface area contributed by atoms with E-state index in [0.717, 1.165) is 38.5 Å².